The van der Waals surface area contributed by atoms with Crippen molar-refractivity contribution in [2.75, 3.05) is 6.54 Å². The standard InChI is InChI=1S/C11H15N5O/c1-2-16-7-5-9(14-16)11-13-10(15-17-11)8-4-3-6-12-8/h5,7-8,12H,2-4,6H2,1H3/t8-/m0/s1. The van der Waals surface area contributed by atoms with E-state index in [9.17, 15) is 0 Å². The molecule has 6 nitrogen and oxygen atoms in total. The number of rotatable bonds is 3. The Kier molecular flexibility index (Phi) is 2.64. The molecule has 3 rings (SSSR count). The Labute approximate surface area is 99.0 Å². The molecular weight excluding hydrogens is 218 g/mol. The summed E-state index contributed by atoms with van der Waals surface area (Å²) in [7, 11) is 0. The van der Waals surface area contributed by atoms with Crippen LogP contribution in [0, 0.1) is 0 Å². The predicted octanol–water partition coefficient (Wildman–Crippen LogP) is 1.38. The Hall–Kier alpha value is -1.69. The Morgan fingerprint density at radius 3 is 3.24 bits per heavy atom. The fourth-order valence-corrected chi connectivity index (χ4v) is 2.04. The third kappa shape index (κ3) is 1.95. The molecule has 1 saturated heterocycles. The minimum absolute atomic E-state index is 0.237. The molecule has 3 heterocycles. The van der Waals surface area contributed by atoms with Crippen molar-refractivity contribution in [1.29, 1.82) is 0 Å². The number of hydrogen-bond acceptors (Lipinski definition) is 5. The van der Waals surface area contributed by atoms with E-state index in [1.165, 1.54) is 6.42 Å². The molecule has 0 aromatic carbocycles. The lowest BCUT2D eigenvalue weighted by molar-refractivity contribution is 0.410. The van der Waals surface area contributed by atoms with Crippen LogP contribution in [-0.4, -0.2) is 26.5 Å². The van der Waals surface area contributed by atoms with Crippen LogP contribution in [-0.2, 0) is 6.54 Å². The monoisotopic (exact) mass is 233 g/mol. The largest absolute Gasteiger partial charge is 0.332 e. The Balaban J connectivity index is 1.83. The van der Waals surface area contributed by atoms with Crippen molar-refractivity contribution in [3.63, 3.8) is 0 Å². The second-order valence-electron chi connectivity index (χ2n) is 4.16. The number of hydrogen-bond donors (Lipinski definition) is 1. The van der Waals surface area contributed by atoms with E-state index in [-0.39, 0.29) is 6.04 Å². The van der Waals surface area contributed by atoms with E-state index in [1.54, 1.807) is 0 Å². The summed E-state index contributed by atoms with van der Waals surface area (Å²) in [6.45, 7) is 3.91. The van der Waals surface area contributed by atoms with Gasteiger partial charge in [0.1, 0.15) is 0 Å². The zero-order valence-electron chi connectivity index (χ0n) is 9.76. The van der Waals surface area contributed by atoms with Gasteiger partial charge in [-0.1, -0.05) is 5.16 Å². The van der Waals surface area contributed by atoms with Crippen molar-refractivity contribution >= 4 is 0 Å². The lowest BCUT2D eigenvalue weighted by atomic mass is 10.2. The van der Waals surface area contributed by atoms with Crippen molar-refractivity contribution < 1.29 is 4.52 Å². The summed E-state index contributed by atoms with van der Waals surface area (Å²) >= 11 is 0. The first-order chi connectivity index (χ1) is 8.36. The zero-order valence-corrected chi connectivity index (χ0v) is 9.76. The van der Waals surface area contributed by atoms with E-state index in [0.29, 0.717) is 5.89 Å². The molecule has 1 fully saturated rings. The number of nitrogens with zero attached hydrogens (tertiary/aromatic N) is 4. The van der Waals surface area contributed by atoms with Gasteiger partial charge < -0.3 is 9.84 Å². The number of aromatic nitrogens is 4. The third-order valence-electron chi connectivity index (χ3n) is 3.00. The van der Waals surface area contributed by atoms with Crippen LogP contribution >= 0.6 is 0 Å². The van der Waals surface area contributed by atoms with E-state index in [0.717, 1.165) is 31.0 Å². The summed E-state index contributed by atoms with van der Waals surface area (Å²) in [5, 5.41) is 11.7. The molecule has 2 aromatic rings. The van der Waals surface area contributed by atoms with Crippen LogP contribution in [0.15, 0.2) is 16.8 Å². The molecule has 90 valence electrons. The molecule has 1 aliphatic heterocycles. The maximum Gasteiger partial charge on any atom is 0.278 e. The van der Waals surface area contributed by atoms with E-state index in [2.05, 4.69) is 20.6 Å². The Morgan fingerprint density at radius 2 is 2.53 bits per heavy atom. The summed E-state index contributed by atoms with van der Waals surface area (Å²) in [4.78, 5) is 4.39. The van der Waals surface area contributed by atoms with Gasteiger partial charge in [-0.25, -0.2) is 0 Å². The highest BCUT2D eigenvalue weighted by molar-refractivity contribution is 5.44. The molecule has 17 heavy (non-hydrogen) atoms. The SMILES string of the molecule is CCn1ccc(-c2nc([C@@H]3CCCN3)no2)n1. The molecule has 1 aliphatic rings. The first kappa shape index (κ1) is 10.5. The normalized spacial score (nSPS) is 19.9. The topological polar surface area (TPSA) is 68.8 Å². The summed E-state index contributed by atoms with van der Waals surface area (Å²) in [6.07, 6.45) is 4.15. The molecular formula is C11H15N5O. The van der Waals surface area contributed by atoms with Crippen molar-refractivity contribution in [3.05, 3.63) is 18.1 Å². The molecule has 0 saturated carbocycles. The highest BCUT2D eigenvalue weighted by atomic mass is 16.5. The average Bonchev–Trinajstić information content (AvgIpc) is 3.09. The second-order valence-corrected chi connectivity index (χ2v) is 4.16. The Bertz CT molecular complexity index is 497. The maximum atomic E-state index is 5.24. The first-order valence-electron chi connectivity index (χ1n) is 5.97. The molecule has 0 amide bonds. The number of aryl methyl sites for hydroxylation is 1. The first-order valence-corrected chi connectivity index (χ1v) is 5.97. The summed E-state index contributed by atoms with van der Waals surface area (Å²) < 4.78 is 7.08. The van der Waals surface area contributed by atoms with Gasteiger partial charge >= 0.3 is 0 Å². The van der Waals surface area contributed by atoms with Gasteiger partial charge in [0.25, 0.3) is 5.89 Å². The van der Waals surface area contributed by atoms with E-state index in [4.69, 9.17) is 4.52 Å². The van der Waals surface area contributed by atoms with Crippen LogP contribution < -0.4 is 5.32 Å². The average molecular weight is 233 g/mol. The smallest absolute Gasteiger partial charge is 0.278 e. The molecule has 1 N–H and O–H groups in total. The molecule has 6 heteroatoms. The van der Waals surface area contributed by atoms with Crippen LogP contribution in [0.2, 0.25) is 0 Å². The molecule has 0 spiro atoms. The van der Waals surface area contributed by atoms with Crippen molar-refractivity contribution in [1.82, 2.24) is 25.2 Å². The quantitative estimate of drug-likeness (QED) is 0.867. The summed E-state index contributed by atoms with van der Waals surface area (Å²) in [5.41, 5.74) is 0.739. The van der Waals surface area contributed by atoms with Crippen molar-refractivity contribution in [3.8, 4) is 11.6 Å². The fourth-order valence-electron chi connectivity index (χ4n) is 2.04. The van der Waals surface area contributed by atoms with E-state index >= 15 is 0 Å². The van der Waals surface area contributed by atoms with Crippen LogP contribution in [0.3, 0.4) is 0 Å². The molecule has 0 unspecified atom stereocenters. The lowest BCUT2D eigenvalue weighted by Crippen LogP contribution is -2.14. The van der Waals surface area contributed by atoms with E-state index < -0.39 is 0 Å². The van der Waals surface area contributed by atoms with Gasteiger partial charge in [0.15, 0.2) is 11.5 Å². The minimum Gasteiger partial charge on any atom is -0.332 e. The third-order valence-corrected chi connectivity index (χ3v) is 3.00. The van der Waals surface area contributed by atoms with E-state index in [1.807, 2.05) is 23.9 Å². The molecule has 0 radical (unpaired) electrons. The second kappa shape index (κ2) is 4.29. The van der Waals surface area contributed by atoms with Gasteiger partial charge in [0.2, 0.25) is 0 Å². The predicted molar refractivity (Wildman–Crippen MR) is 61.2 cm³/mol. The van der Waals surface area contributed by atoms with Gasteiger partial charge in [-0.05, 0) is 32.4 Å². The molecule has 0 aliphatic carbocycles. The van der Waals surface area contributed by atoms with Crippen LogP contribution in [0.25, 0.3) is 11.6 Å². The summed E-state index contributed by atoms with van der Waals surface area (Å²) in [6, 6.07) is 2.13. The van der Waals surface area contributed by atoms with Gasteiger partial charge in [-0.2, -0.15) is 10.1 Å². The zero-order chi connectivity index (χ0) is 11.7. The van der Waals surface area contributed by atoms with Gasteiger partial charge in [-0.15, -0.1) is 0 Å². The highest BCUT2D eigenvalue weighted by Crippen LogP contribution is 2.23. The van der Waals surface area contributed by atoms with Crippen LogP contribution in [0.4, 0.5) is 0 Å². The molecule has 1 atom stereocenters. The molecule has 2 aromatic heterocycles. The van der Waals surface area contributed by atoms with Gasteiger partial charge in [0, 0.05) is 12.7 Å². The van der Waals surface area contributed by atoms with Crippen LogP contribution in [0.5, 0.6) is 0 Å². The summed E-state index contributed by atoms with van der Waals surface area (Å²) in [5.74, 6) is 1.24. The fraction of sp³-hybridized carbons (Fsp3) is 0.545. The van der Waals surface area contributed by atoms with Crippen LogP contribution in [0.1, 0.15) is 31.6 Å². The lowest BCUT2D eigenvalue weighted by Gasteiger charge is -2.01. The van der Waals surface area contributed by atoms with Crippen molar-refractivity contribution in [2.24, 2.45) is 0 Å². The van der Waals surface area contributed by atoms with Gasteiger partial charge in [-0.3, -0.25) is 4.68 Å². The Morgan fingerprint density at radius 1 is 1.59 bits per heavy atom. The maximum absolute atomic E-state index is 5.24. The molecule has 0 bridgehead atoms. The van der Waals surface area contributed by atoms with Crippen molar-refractivity contribution in [2.45, 2.75) is 32.4 Å². The minimum atomic E-state index is 0.237. The highest BCUT2D eigenvalue weighted by Gasteiger charge is 2.22. The number of nitrogens with one attached hydrogen (secondary N) is 1. The van der Waals surface area contributed by atoms with Gasteiger partial charge in [0.05, 0.1) is 6.04 Å².